The molecule has 3 heterocycles. The fourth-order valence-corrected chi connectivity index (χ4v) is 5.67. The molecule has 196 valence electrons. The molecule has 2 aliphatic rings. The molecule has 2 aromatic carbocycles. The highest BCUT2D eigenvalue weighted by molar-refractivity contribution is 7.15. The van der Waals surface area contributed by atoms with E-state index < -0.39 is 5.92 Å². The minimum Gasteiger partial charge on any atom is -0.312 e. The fraction of sp³-hybridized carbons (Fsp3) is 0.429. The number of carbonyl (C=O) groups is 2. The molecule has 0 radical (unpaired) electrons. The topological polar surface area (TPSA) is 78.4 Å². The Bertz CT molecular complexity index is 1190. The van der Waals surface area contributed by atoms with Gasteiger partial charge in [0.1, 0.15) is 5.01 Å². The van der Waals surface area contributed by atoms with Gasteiger partial charge in [-0.3, -0.25) is 14.5 Å². The quantitative estimate of drug-likeness (QED) is 0.403. The Morgan fingerprint density at radius 1 is 0.973 bits per heavy atom. The average molecular weight is 540 g/mol. The van der Waals surface area contributed by atoms with Crippen LogP contribution in [0.2, 0.25) is 5.02 Å². The van der Waals surface area contributed by atoms with Gasteiger partial charge in [-0.05, 0) is 67.7 Å². The van der Waals surface area contributed by atoms with Crippen molar-refractivity contribution in [3.63, 3.8) is 0 Å². The Kier molecular flexibility index (Phi) is 9.29. The molecule has 0 aliphatic carbocycles. The van der Waals surface area contributed by atoms with E-state index in [1.165, 1.54) is 41.7 Å². The first-order chi connectivity index (χ1) is 17.5. The first-order valence-electron chi connectivity index (χ1n) is 12.5. The third-order valence-corrected chi connectivity index (χ3v) is 7.99. The van der Waals surface area contributed by atoms with Crippen LogP contribution in [0.15, 0.2) is 48.5 Å². The van der Waals surface area contributed by atoms with Crippen LogP contribution in [-0.4, -0.2) is 46.5 Å². The van der Waals surface area contributed by atoms with E-state index in [4.69, 9.17) is 11.6 Å². The second-order valence-electron chi connectivity index (χ2n) is 9.53. The standard InChI is InChI=1S/C27H30ClN5O2S.CH4/c28-22-9-4-19(5-10-22)8-13-24-30-31-27(36-24)29-26(35)21-16-25(34)33(18-21)23-11-6-20(7-12-23)17-32-14-2-1-3-15-32;/h4-7,9-12,21H,1-3,8,13-18H2,(H,29,31,35);1H4/t21-;/m0./s1. The van der Waals surface area contributed by atoms with Gasteiger partial charge in [-0.25, -0.2) is 0 Å². The van der Waals surface area contributed by atoms with Gasteiger partial charge >= 0.3 is 0 Å². The number of nitrogens with one attached hydrogen (secondary N) is 1. The number of rotatable bonds is 8. The van der Waals surface area contributed by atoms with Crippen LogP contribution in [0.4, 0.5) is 10.8 Å². The zero-order chi connectivity index (χ0) is 24.9. The molecule has 0 spiro atoms. The number of hydrogen-bond acceptors (Lipinski definition) is 6. The number of carbonyl (C=O) groups excluding carboxylic acids is 2. The zero-order valence-corrected chi connectivity index (χ0v) is 21.7. The fourth-order valence-electron chi connectivity index (χ4n) is 4.80. The molecule has 5 rings (SSSR count). The zero-order valence-electron chi connectivity index (χ0n) is 20.2. The van der Waals surface area contributed by atoms with Gasteiger partial charge in [-0.1, -0.05) is 61.1 Å². The van der Waals surface area contributed by atoms with E-state index in [9.17, 15) is 9.59 Å². The number of aryl methyl sites for hydroxylation is 2. The Morgan fingerprint density at radius 3 is 2.41 bits per heavy atom. The van der Waals surface area contributed by atoms with E-state index >= 15 is 0 Å². The summed E-state index contributed by atoms with van der Waals surface area (Å²) in [6.07, 6.45) is 5.62. The van der Waals surface area contributed by atoms with E-state index in [1.54, 1.807) is 4.90 Å². The molecular weight excluding hydrogens is 506 g/mol. The largest absolute Gasteiger partial charge is 0.312 e. The van der Waals surface area contributed by atoms with E-state index in [2.05, 4.69) is 32.5 Å². The third-order valence-electron chi connectivity index (χ3n) is 6.84. The first kappa shape index (κ1) is 27.2. The van der Waals surface area contributed by atoms with E-state index in [0.29, 0.717) is 16.7 Å². The van der Waals surface area contributed by atoms with E-state index in [-0.39, 0.29) is 25.7 Å². The molecule has 7 nitrogen and oxygen atoms in total. The number of benzene rings is 2. The predicted molar refractivity (Wildman–Crippen MR) is 150 cm³/mol. The van der Waals surface area contributed by atoms with Gasteiger partial charge in [-0.2, -0.15) is 0 Å². The van der Waals surface area contributed by atoms with Crippen LogP contribution in [0.5, 0.6) is 0 Å². The molecule has 2 saturated heterocycles. The number of hydrogen-bond donors (Lipinski definition) is 1. The van der Waals surface area contributed by atoms with Crippen molar-refractivity contribution in [2.45, 2.75) is 52.5 Å². The number of nitrogens with zero attached hydrogens (tertiary/aromatic N) is 4. The van der Waals surface area contributed by atoms with Gasteiger partial charge in [0.05, 0.1) is 5.92 Å². The number of likely N-dealkylation sites (tertiary alicyclic amines) is 1. The molecule has 3 aromatic rings. The lowest BCUT2D eigenvalue weighted by molar-refractivity contribution is -0.122. The normalized spacial score (nSPS) is 18.0. The number of amides is 2. The summed E-state index contributed by atoms with van der Waals surface area (Å²) in [5, 5.41) is 13.2. The van der Waals surface area contributed by atoms with Crippen molar-refractivity contribution in [1.29, 1.82) is 0 Å². The van der Waals surface area contributed by atoms with Crippen molar-refractivity contribution in [1.82, 2.24) is 15.1 Å². The van der Waals surface area contributed by atoms with Crippen LogP contribution >= 0.6 is 22.9 Å². The van der Waals surface area contributed by atoms with Crippen molar-refractivity contribution in [2.24, 2.45) is 5.92 Å². The van der Waals surface area contributed by atoms with Gasteiger partial charge in [0.2, 0.25) is 16.9 Å². The van der Waals surface area contributed by atoms with Gasteiger partial charge < -0.3 is 10.2 Å². The lowest BCUT2D eigenvalue weighted by Gasteiger charge is -2.26. The first-order valence-corrected chi connectivity index (χ1v) is 13.7. The molecule has 0 unspecified atom stereocenters. The summed E-state index contributed by atoms with van der Waals surface area (Å²) in [5.74, 6) is -0.625. The summed E-state index contributed by atoms with van der Waals surface area (Å²) in [7, 11) is 0. The van der Waals surface area contributed by atoms with Crippen LogP contribution in [0.1, 0.15) is 49.2 Å². The lowest BCUT2D eigenvalue weighted by atomic mass is 10.1. The van der Waals surface area contributed by atoms with Crippen molar-refractivity contribution in [3.05, 3.63) is 69.7 Å². The molecule has 2 aliphatic heterocycles. The van der Waals surface area contributed by atoms with Crippen molar-refractivity contribution < 1.29 is 9.59 Å². The maximum Gasteiger partial charge on any atom is 0.231 e. The summed E-state index contributed by atoms with van der Waals surface area (Å²) in [6, 6.07) is 15.9. The minimum atomic E-state index is -0.410. The van der Waals surface area contributed by atoms with Crippen molar-refractivity contribution in [3.8, 4) is 0 Å². The lowest BCUT2D eigenvalue weighted by Crippen LogP contribution is -2.29. The molecular formula is C28H34ClN5O2S. The molecule has 0 saturated carbocycles. The Morgan fingerprint density at radius 2 is 1.68 bits per heavy atom. The van der Waals surface area contributed by atoms with Gasteiger partial charge in [0.15, 0.2) is 0 Å². The Hall–Kier alpha value is -2.81. The highest BCUT2D eigenvalue weighted by Crippen LogP contribution is 2.27. The van der Waals surface area contributed by atoms with Gasteiger partial charge in [0.25, 0.3) is 0 Å². The molecule has 37 heavy (non-hydrogen) atoms. The van der Waals surface area contributed by atoms with Crippen molar-refractivity contribution >= 4 is 45.6 Å². The number of aromatic nitrogens is 2. The van der Waals surface area contributed by atoms with Crippen LogP contribution in [0.25, 0.3) is 0 Å². The minimum absolute atomic E-state index is 0. The van der Waals surface area contributed by atoms with E-state index in [0.717, 1.165) is 43.2 Å². The number of piperidine rings is 1. The second kappa shape index (κ2) is 12.6. The maximum absolute atomic E-state index is 12.9. The molecule has 1 aromatic heterocycles. The van der Waals surface area contributed by atoms with Crippen LogP contribution < -0.4 is 10.2 Å². The van der Waals surface area contributed by atoms with Crippen LogP contribution in [0, 0.1) is 5.92 Å². The summed E-state index contributed by atoms with van der Waals surface area (Å²) in [4.78, 5) is 29.8. The smallest absolute Gasteiger partial charge is 0.231 e. The number of anilines is 2. The highest BCUT2D eigenvalue weighted by atomic mass is 35.5. The maximum atomic E-state index is 12.9. The van der Waals surface area contributed by atoms with Gasteiger partial charge in [-0.15, -0.1) is 10.2 Å². The predicted octanol–water partition coefficient (Wildman–Crippen LogP) is 5.59. The molecule has 1 atom stereocenters. The monoisotopic (exact) mass is 539 g/mol. The third kappa shape index (κ3) is 7.15. The molecule has 1 N–H and O–H groups in total. The van der Waals surface area contributed by atoms with Gasteiger partial charge in [0, 0.05) is 36.6 Å². The second-order valence-corrected chi connectivity index (χ2v) is 11.0. The molecule has 9 heteroatoms. The summed E-state index contributed by atoms with van der Waals surface area (Å²) in [5.41, 5.74) is 3.27. The Balaban J connectivity index is 0.00000320. The highest BCUT2D eigenvalue weighted by Gasteiger charge is 2.35. The number of halogens is 1. The Labute approximate surface area is 227 Å². The summed E-state index contributed by atoms with van der Waals surface area (Å²) < 4.78 is 0. The molecule has 0 bridgehead atoms. The van der Waals surface area contributed by atoms with Crippen LogP contribution in [-0.2, 0) is 29.0 Å². The summed E-state index contributed by atoms with van der Waals surface area (Å²) >= 11 is 7.31. The van der Waals surface area contributed by atoms with Crippen LogP contribution in [0.3, 0.4) is 0 Å². The van der Waals surface area contributed by atoms with Crippen molar-refractivity contribution in [2.75, 3.05) is 29.9 Å². The average Bonchev–Trinajstić information content (AvgIpc) is 3.51. The molecule has 2 fully saturated rings. The summed E-state index contributed by atoms with van der Waals surface area (Å²) in [6.45, 7) is 3.63. The SMILES string of the molecule is C.O=C(Nc1nnc(CCc2ccc(Cl)cc2)s1)[C@H]1CC(=O)N(c2ccc(CN3CCCCC3)cc2)C1. The molecule has 2 amide bonds. The van der Waals surface area contributed by atoms with E-state index in [1.807, 2.05) is 36.4 Å².